The lowest BCUT2D eigenvalue weighted by atomic mass is 10.1. The summed E-state index contributed by atoms with van der Waals surface area (Å²) in [4.78, 5) is 48.2. The van der Waals surface area contributed by atoms with Crippen molar-refractivity contribution in [3.63, 3.8) is 0 Å². The monoisotopic (exact) mass is 361 g/mol. The van der Waals surface area contributed by atoms with Gasteiger partial charge in [-0.2, -0.15) is 0 Å². The lowest BCUT2D eigenvalue weighted by molar-refractivity contribution is -0.134. The van der Waals surface area contributed by atoms with Crippen molar-refractivity contribution in [2.45, 2.75) is 32.8 Å². The van der Waals surface area contributed by atoms with Crippen molar-refractivity contribution < 1.29 is 23.9 Å². The van der Waals surface area contributed by atoms with Crippen molar-refractivity contribution in [3.8, 4) is 0 Å². The highest BCUT2D eigenvalue weighted by atomic mass is 35.5. The third-order valence-corrected chi connectivity index (χ3v) is 3.50. The number of alkyl carbamates (subject to hydrolysis) is 1. The molecule has 0 bridgehead atoms. The fourth-order valence-electron chi connectivity index (χ4n) is 2.18. The molecule has 0 aromatic rings. The number of ether oxygens (including phenoxy) is 1. The van der Waals surface area contributed by atoms with Crippen LogP contribution in [0.5, 0.6) is 0 Å². The molecule has 0 unspecified atom stereocenters. The molecule has 24 heavy (non-hydrogen) atoms. The van der Waals surface area contributed by atoms with E-state index in [9.17, 15) is 19.2 Å². The van der Waals surface area contributed by atoms with Gasteiger partial charge in [-0.3, -0.25) is 14.4 Å². The van der Waals surface area contributed by atoms with Crippen molar-refractivity contribution in [1.82, 2.24) is 15.5 Å². The van der Waals surface area contributed by atoms with Crippen molar-refractivity contribution in [2.75, 3.05) is 32.1 Å². The van der Waals surface area contributed by atoms with Gasteiger partial charge >= 0.3 is 6.09 Å². The minimum Gasteiger partial charge on any atom is -0.444 e. The molecule has 136 valence electrons. The Hall–Kier alpha value is -1.83. The molecule has 1 aliphatic heterocycles. The summed E-state index contributed by atoms with van der Waals surface area (Å²) in [6, 6.07) is 0. The van der Waals surface area contributed by atoms with E-state index in [0.29, 0.717) is 13.0 Å². The largest absolute Gasteiger partial charge is 0.444 e. The number of nitrogens with one attached hydrogen (secondary N) is 2. The third-order valence-electron chi connectivity index (χ3n) is 3.27. The molecule has 1 atom stereocenters. The van der Waals surface area contributed by atoms with Gasteiger partial charge in [-0.15, -0.1) is 11.6 Å². The third kappa shape index (κ3) is 7.16. The number of alkyl halides is 1. The molecular weight excluding hydrogens is 338 g/mol. The van der Waals surface area contributed by atoms with Crippen molar-refractivity contribution >= 4 is 35.3 Å². The second kappa shape index (κ2) is 8.86. The number of Topliss-reactive ketones (excluding diaryl/α,β-unsaturated/α-hetero) is 1. The second-order valence-corrected chi connectivity index (χ2v) is 6.85. The molecule has 1 heterocycles. The van der Waals surface area contributed by atoms with Crippen LogP contribution >= 0.6 is 11.6 Å². The van der Waals surface area contributed by atoms with Crippen molar-refractivity contribution in [3.05, 3.63) is 0 Å². The van der Waals surface area contributed by atoms with E-state index < -0.39 is 17.6 Å². The Kier molecular flexibility index (Phi) is 7.47. The molecule has 1 rings (SSSR count). The van der Waals surface area contributed by atoms with Gasteiger partial charge in [0.15, 0.2) is 5.78 Å². The van der Waals surface area contributed by atoms with Crippen molar-refractivity contribution in [2.24, 2.45) is 5.92 Å². The molecule has 1 aliphatic rings. The van der Waals surface area contributed by atoms with Gasteiger partial charge < -0.3 is 20.3 Å². The highest BCUT2D eigenvalue weighted by molar-refractivity contribution is 6.27. The number of hydrogen-bond donors (Lipinski definition) is 2. The highest BCUT2D eigenvalue weighted by Crippen LogP contribution is 2.12. The van der Waals surface area contributed by atoms with Gasteiger partial charge in [0.1, 0.15) is 11.5 Å². The summed E-state index contributed by atoms with van der Waals surface area (Å²) in [5.74, 6) is -1.56. The number of hydrogen-bond acceptors (Lipinski definition) is 5. The Morgan fingerprint density at radius 3 is 2.54 bits per heavy atom. The number of amides is 3. The molecule has 0 aromatic carbocycles. The standard InChI is InChI=1S/C15H24ClN3O5/c1-15(2,3)24-14(23)18-7-11(20)9-19(12(21)6-16)8-10-4-5-17-13(10)22/h10H,4-9H2,1-3H3,(H,17,22)(H,18,23)/t10-/m0/s1. The van der Waals surface area contributed by atoms with E-state index in [1.54, 1.807) is 20.8 Å². The van der Waals surface area contributed by atoms with Crippen LogP contribution in [0.2, 0.25) is 0 Å². The van der Waals surface area contributed by atoms with E-state index in [1.807, 2.05) is 0 Å². The van der Waals surface area contributed by atoms with Crippen LogP contribution in [-0.4, -0.2) is 66.3 Å². The summed E-state index contributed by atoms with van der Waals surface area (Å²) in [6.07, 6.45) is -0.101. The van der Waals surface area contributed by atoms with Crippen LogP contribution in [-0.2, 0) is 19.1 Å². The first-order chi connectivity index (χ1) is 11.1. The van der Waals surface area contributed by atoms with E-state index in [2.05, 4.69) is 10.6 Å². The molecular formula is C15H24ClN3O5. The molecule has 3 amide bonds. The maximum Gasteiger partial charge on any atom is 0.408 e. The molecule has 1 fully saturated rings. The Morgan fingerprint density at radius 2 is 2.04 bits per heavy atom. The van der Waals surface area contributed by atoms with Crippen molar-refractivity contribution in [1.29, 1.82) is 0 Å². The number of nitrogens with zero attached hydrogens (tertiary/aromatic N) is 1. The van der Waals surface area contributed by atoms with Crippen LogP contribution in [0.15, 0.2) is 0 Å². The fourth-order valence-corrected chi connectivity index (χ4v) is 2.35. The molecule has 0 saturated carbocycles. The fraction of sp³-hybridized carbons (Fsp3) is 0.733. The molecule has 2 N–H and O–H groups in total. The number of ketones is 1. The van der Waals surface area contributed by atoms with Crippen LogP contribution in [0.3, 0.4) is 0 Å². The Labute approximate surface area is 146 Å². The summed E-state index contributed by atoms with van der Waals surface area (Å²) in [5.41, 5.74) is -0.663. The first-order valence-electron chi connectivity index (χ1n) is 7.72. The number of rotatable bonds is 7. The van der Waals surface area contributed by atoms with E-state index in [4.69, 9.17) is 16.3 Å². The first-order valence-corrected chi connectivity index (χ1v) is 8.26. The topological polar surface area (TPSA) is 105 Å². The van der Waals surface area contributed by atoms with Crippen LogP contribution in [0.4, 0.5) is 4.79 Å². The lowest BCUT2D eigenvalue weighted by Crippen LogP contribution is -2.44. The zero-order chi connectivity index (χ0) is 18.3. The summed E-state index contributed by atoms with van der Waals surface area (Å²) in [7, 11) is 0. The summed E-state index contributed by atoms with van der Waals surface area (Å²) in [5, 5.41) is 5.02. The van der Waals surface area contributed by atoms with Gasteiger partial charge in [0, 0.05) is 13.1 Å². The summed E-state index contributed by atoms with van der Waals surface area (Å²) < 4.78 is 5.03. The van der Waals surface area contributed by atoms with Gasteiger partial charge in [0.2, 0.25) is 11.8 Å². The van der Waals surface area contributed by atoms with E-state index in [1.165, 1.54) is 4.90 Å². The maximum atomic E-state index is 12.0. The zero-order valence-corrected chi connectivity index (χ0v) is 14.9. The van der Waals surface area contributed by atoms with Crippen LogP contribution in [0.25, 0.3) is 0 Å². The molecule has 0 spiro atoms. The quantitative estimate of drug-likeness (QED) is 0.634. The van der Waals surface area contributed by atoms with Crippen LogP contribution in [0, 0.1) is 5.92 Å². The van der Waals surface area contributed by atoms with E-state index in [-0.39, 0.29) is 43.1 Å². The Bertz CT molecular complexity index is 504. The summed E-state index contributed by atoms with van der Waals surface area (Å²) >= 11 is 5.56. The number of carbonyl (C=O) groups excluding carboxylic acids is 4. The van der Waals surface area contributed by atoms with Gasteiger partial charge in [0.05, 0.1) is 19.0 Å². The molecule has 0 aliphatic carbocycles. The van der Waals surface area contributed by atoms with Gasteiger partial charge in [-0.25, -0.2) is 4.79 Å². The molecule has 9 heteroatoms. The minimum absolute atomic E-state index is 0.134. The average Bonchev–Trinajstić information content (AvgIpc) is 2.87. The summed E-state index contributed by atoms with van der Waals surface area (Å²) in [6.45, 7) is 5.34. The van der Waals surface area contributed by atoms with E-state index in [0.717, 1.165) is 0 Å². The molecule has 0 radical (unpaired) electrons. The Morgan fingerprint density at radius 1 is 1.38 bits per heavy atom. The number of halogens is 1. The van der Waals surface area contributed by atoms with Crippen LogP contribution in [0.1, 0.15) is 27.2 Å². The minimum atomic E-state index is -0.707. The highest BCUT2D eigenvalue weighted by Gasteiger charge is 2.29. The van der Waals surface area contributed by atoms with Gasteiger partial charge in [-0.1, -0.05) is 0 Å². The normalized spacial score (nSPS) is 17.2. The lowest BCUT2D eigenvalue weighted by Gasteiger charge is -2.24. The maximum absolute atomic E-state index is 12.0. The molecule has 0 aromatic heterocycles. The van der Waals surface area contributed by atoms with Gasteiger partial charge in [0.25, 0.3) is 0 Å². The smallest absolute Gasteiger partial charge is 0.408 e. The molecule has 8 nitrogen and oxygen atoms in total. The predicted molar refractivity (Wildman–Crippen MR) is 87.7 cm³/mol. The van der Waals surface area contributed by atoms with Gasteiger partial charge in [-0.05, 0) is 27.2 Å². The first kappa shape index (κ1) is 20.2. The molecule has 1 saturated heterocycles. The Balaban J connectivity index is 2.50. The second-order valence-electron chi connectivity index (χ2n) is 6.58. The zero-order valence-electron chi connectivity index (χ0n) is 14.2. The predicted octanol–water partition coefficient (Wildman–Crippen LogP) is 0.284. The average molecular weight is 362 g/mol. The number of carbonyl (C=O) groups is 4. The SMILES string of the molecule is CC(C)(C)OC(=O)NCC(=O)CN(C[C@@H]1CCNC1=O)C(=O)CCl. The van der Waals surface area contributed by atoms with E-state index >= 15 is 0 Å². The van der Waals surface area contributed by atoms with Crippen LogP contribution < -0.4 is 10.6 Å².